The van der Waals surface area contributed by atoms with Gasteiger partial charge in [0, 0.05) is 32.7 Å². The summed E-state index contributed by atoms with van der Waals surface area (Å²) in [6.07, 6.45) is 0. The van der Waals surface area contributed by atoms with Crippen molar-refractivity contribution in [1.29, 1.82) is 0 Å². The quantitative estimate of drug-likeness (QED) is 0.459. The molecule has 1 fully saturated rings. The summed E-state index contributed by atoms with van der Waals surface area (Å²) in [7, 11) is 0. The number of hydrogen-bond acceptors (Lipinski definition) is 6. The predicted octanol–water partition coefficient (Wildman–Crippen LogP) is 4.79. The second-order valence-electron chi connectivity index (χ2n) is 7.76. The number of esters is 1. The van der Waals surface area contributed by atoms with Gasteiger partial charge in [-0.05, 0) is 58.7 Å². The van der Waals surface area contributed by atoms with Crippen molar-refractivity contribution in [1.82, 2.24) is 4.90 Å². The molecule has 0 spiro atoms. The zero-order chi connectivity index (χ0) is 23.2. The molecule has 172 valence electrons. The van der Waals surface area contributed by atoms with E-state index in [0.29, 0.717) is 15.9 Å². The second kappa shape index (κ2) is 10.7. The molecule has 0 radical (unpaired) electrons. The van der Waals surface area contributed by atoms with Crippen LogP contribution in [0.15, 0.2) is 69.8 Å². The smallest absolute Gasteiger partial charge is 0.338 e. The number of hydrogen-bond donors (Lipinski definition) is 1. The second-order valence-corrected chi connectivity index (χ2v) is 8.54. The summed E-state index contributed by atoms with van der Waals surface area (Å²) < 4.78 is 11.0. The van der Waals surface area contributed by atoms with Crippen LogP contribution in [-0.2, 0) is 11.3 Å². The zero-order valence-electron chi connectivity index (χ0n) is 18.4. The lowest BCUT2D eigenvalue weighted by molar-refractivity contribution is 0.0526. The van der Waals surface area contributed by atoms with Crippen LogP contribution in [0.25, 0.3) is 0 Å². The van der Waals surface area contributed by atoms with Crippen molar-refractivity contribution < 1.29 is 18.7 Å². The molecule has 2 aromatic carbocycles. The number of furan rings is 1. The minimum Gasteiger partial charge on any atom is -0.462 e. The summed E-state index contributed by atoms with van der Waals surface area (Å²) in [4.78, 5) is 29.7. The van der Waals surface area contributed by atoms with Gasteiger partial charge in [-0.1, -0.05) is 30.3 Å². The highest BCUT2D eigenvalue weighted by Gasteiger charge is 2.22. The molecular weight excluding hydrogens is 486 g/mol. The molecule has 0 bridgehead atoms. The van der Waals surface area contributed by atoms with Crippen LogP contribution in [0.2, 0.25) is 0 Å². The van der Waals surface area contributed by atoms with E-state index in [1.54, 1.807) is 31.2 Å². The van der Waals surface area contributed by atoms with E-state index in [2.05, 4.69) is 55.3 Å². The van der Waals surface area contributed by atoms with Gasteiger partial charge < -0.3 is 19.4 Å². The number of ether oxygens (including phenoxy) is 1. The number of carbonyl (C=O) groups is 2. The maximum atomic E-state index is 12.8. The van der Waals surface area contributed by atoms with Gasteiger partial charge in [0.1, 0.15) is 0 Å². The number of halogens is 1. The Hall–Kier alpha value is -3.10. The molecule has 2 heterocycles. The van der Waals surface area contributed by atoms with Gasteiger partial charge in [-0.25, -0.2) is 4.79 Å². The van der Waals surface area contributed by atoms with E-state index in [4.69, 9.17) is 9.15 Å². The number of nitrogens with zero attached hydrogens (tertiary/aromatic N) is 2. The third-order valence-electron chi connectivity index (χ3n) is 5.51. The van der Waals surface area contributed by atoms with E-state index in [9.17, 15) is 9.59 Å². The molecular formula is C25H26BrN3O4. The molecule has 0 unspecified atom stereocenters. The lowest BCUT2D eigenvalue weighted by Gasteiger charge is -2.37. The van der Waals surface area contributed by atoms with Crippen molar-refractivity contribution in [3.05, 3.63) is 82.2 Å². The number of rotatable bonds is 7. The Morgan fingerprint density at radius 2 is 1.79 bits per heavy atom. The first-order valence-corrected chi connectivity index (χ1v) is 11.7. The van der Waals surface area contributed by atoms with E-state index >= 15 is 0 Å². The molecule has 33 heavy (non-hydrogen) atoms. The van der Waals surface area contributed by atoms with Crippen LogP contribution in [0.1, 0.15) is 33.4 Å². The molecule has 3 aromatic rings. The fraction of sp³-hybridized carbons (Fsp3) is 0.280. The monoisotopic (exact) mass is 511 g/mol. The fourth-order valence-corrected chi connectivity index (χ4v) is 4.17. The Bertz CT molecular complexity index is 1110. The third kappa shape index (κ3) is 5.83. The van der Waals surface area contributed by atoms with Crippen LogP contribution >= 0.6 is 15.9 Å². The largest absolute Gasteiger partial charge is 0.462 e. The molecule has 1 saturated heterocycles. The van der Waals surface area contributed by atoms with Crippen LogP contribution in [0.3, 0.4) is 0 Å². The maximum Gasteiger partial charge on any atom is 0.338 e. The number of benzene rings is 2. The topological polar surface area (TPSA) is 75.0 Å². The molecule has 1 aliphatic rings. The number of piperazine rings is 1. The van der Waals surface area contributed by atoms with Gasteiger partial charge in [0.25, 0.3) is 5.91 Å². The summed E-state index contributed by atoms with van der Waals surface area (Å²) >= 11 is 3.22. The Labute approximate surface area is 201 Å². The lowest BCUT2D eigenvalue weighted by atomic mass is 10.1. The SMILES string of the molecule is CCOC(=O)c1ccc(N2CCN(Cc3ccccc3)CC2)c(NC(=O)c2ccc(Br)o2)c1. The Morgan fingerprint density at radius 1 is 1.03 bits per heavy atom. The summed E-state index contributed by atoms with van der Waals surface area (Å²) in [6, 6.07) is 19.0. The van der Waals surface area contributed by atoms with Crippen LogP contribution in [0.5, 0.6) is 0 Å². The van der Waals surface area contributed by atoms with Crippen molar-refractivity contribution in [2.45, 2.75) is 13.5 Å². The summed E-state index contributed by atoms with van der Waals surface area (Å²) in [5.74, 6) is -0.624. The summed E-state index contributed by atoms with van der Waals surface area (Å²) in [6.45, 7) is 6.36. The molecule has 7 nitrogen and oxygen atoms in total. The number of anilines is 2. The normalized spacial score (nSPS) is 14.2. The maximum absolute atomic E-state index is 12.8. The van der Waals surface area contributed by atoms with Crippen LogP contribution < -0.4 is 10.2 Å². The molecule has 0 saturated carbocycles. The molecule has 0 atom stereocenters. The van der Waals surface area contributed by atoms with Crippen LogP contribution in [0, 0.1) is 0 Å². The predicted molar refractivity (Wildman–Crippen MR) is 131 cm³/mol. The van der Waals surface area contributed by atoms with Gasteiger partial charge in [-0.3, -0.25) is 9.69 Å². The molecule has 4 rings (SSSR count). The van der Waals surface area contributed by atoms with Crippen molar-refractivity contribution in [2.24, 2.45) is 0 Å². The van der Waals surface area contributed by atoms with E-state index < -0.39 is 5.97 Å². The highest BCUT2D eigenvalue weighted by atomic mass is 79.9. The fourth-order valence-electron chi connectivity index (χ4n) is 3.86. The van der Waals surface area contributed by atoms with E-state index in [0.717, 1.165) is 38.4 Å². The lowest BCUT2D eigenvalue weighted by Crippen LogP contribution is -2.46. The van der Waals surface area contributed by atoms with Gasteiger partial charge in [0.05, 0.1) is 23.5 Å². The summed E-state index contributed by atoms with van der Waals surface area (Å²) in [5.41, 5.74) is 3.09. The highest BCUT2D eigenvalue weighted by molar-refractivity contribution is 9.10. The first kappa shape index (κ1) is 23.1. The standard InChI is InChI=1S/C25H26BrN3O4/c1-2-32-25(31)19-8-9-21(20(16-19)27-24(30)22-10-11-23(26)33-22)29-14-12-28(13-15-29)17-18-6-4-3-5-7-18/h3-11,16H,2,12-15,17H2,1H3,(H,27,30). The highest BCUT2D eigenvalue weighted by Crippen LogP contribution is 2.30. The van der Waals surface area contributed by atoms with Crippen LogP contribution in [0.4, 0.5) is 11.4 Å². The first-order valence-electron chi connectivity index (χ1n) is 10.9. The minimum atomic E-state index is -0.423. The molecule has 1 aromatic heterocycles. The Kier molecular flexibility index (Phi) is 7.47. The minimum absolute atomic E-state index is 0.182. The van der Waals surface area contributed by atoms with Crippen molar-refractivity contribution >= 4 is 39.2 Å². The number of amides is 1. The molecule has 8 heteroatoms. The Morgan fingerprint density at radius 3 is 2.45 bits per heavy atom. The molecule has 1 aliphatic heterocycles. The van der Waals surface area contributed by atoms with Crippen molar-refractivity contribution in [3.8, 4) is 0 Å². The van der Waals surface area contributed by atoms with Gasteiger partial charge >= 0.3 is 5.97 Å². The average molecular weight is 512 g/mol. The number of carbonyl (C=O) groups excluding carboxylic acids is 2. The van der Waals surface area contributed by atoms with Gasteiger partial charge in [-0.2, -0.15) is 0 Å². The van der Waals surface area contributed by atoms with Crippen molar-refractivity contribution in [3.63, 3.8) is 0 Å². The molecule has 1 N–H and O–H groups in total. The van der Waals surface area contributed by atoms with Crippen LogP contribution in [-0.4, -0.2) is 49.6 Å². The van der Waals surface area contributed by atoms with Gasteiger partial charge in [0.2, 0.25) is 0 Å². The molecule has 1 amide bonds. The van der Waals surface area contributed by atoms with Gasteiger partial charge in [0.15, 0.2) is 10.4 Å². The van der Waals surface area contributed by atoms with Crippen molar-refractivity contribution in [2.75, 3.05) is 43.0 Å². The van der Waals surface area contributed by atoms with E-state index in [-0.39, 0.29) is 18.3 Å². The average Bonchev–Trinajstić information content (AvgIpc) is 3.27. The zero-order valence-corrected chi connectivity index (χ0v) is 20.0. The Balaban J connectivity index is 1.51. The first-order chi connectivity index (χ1) is 16.0. The summed E-state index contributed by atoms with van der Waals surface area (Å²) in [5, 5.41) is 2.91. The number of nitrogens with one attached hydrogen (secondary N) is 1. The van der Waals surface area contributed by atoms with Gasteiger partial charge in [-0.15, -0.1) is 0 Å². The van der Waals surface area contributed by atoms with E-state index in [1.165, 1.54) is 5.56 Å². The third-order valence-corrected chi connectivity index (χ3v) is 5.94. The van der Waals surface area contributed by atoms with E-state index in [1.807, 2.05) is 12.1 Å². The molecule has 0 aliphatic carbocycles.